The zero-order valence-corrected chi connectivity index (χ0v) is 22.2. The molecule has 0 aliphatic rings. The summed E-state index contributed by atoms with van der Waals surface area (Å²) >= 11 is 0. The van der Waals surface area contributed by atoms with Crippen LogP contribution in [0.15, 0.2) is 78.9 Å². The highest BCUT2D eigenvalue weighted by molar-refractivity contribution is 5.88. The molecule has 202 valence electrons. The number of amides is 2. The second-order valence-electron chi connectivity index (χ2n) is 9.09. The number of hydrogen-bond acceptors (Lipinski definition) is 4. The highest BCUT2D eigenvalue weighted by atomic mass is 19.1. The topological polar surface area (TPSA) is 67.9 Å². The largest absolute Gasteiger partial charge is 0.497 e. The van der Waals surface area contributed by atoms with Gasteiger partial charge in [0, 0.05) is 31.5 Å². The van der Waals surface area contributed by atoms with Gasteiger partial charge in [-0.3, -0.25) is 9.59 Å². The number of unbranched alkanes of at least 4 members (excludes halogenated alkanes) is 1. The van der Waals surface area contributed by atoms with Crippen LogP contribution in [0.4, 0.5) is 4.39 Å². The summed E-state index contributed by atoms with van der Waals surface area (Å²) < 4.78 is 25.6. The van der Waals surface area contributed by atoms with Gasteiger partial charge in [-0.05, 0) is 48.7 Å². The first kappa shape index (κ1) is 28.7. The van der Waals surface area contributed by atoms with Gasteiger partial charge in [0.05, 0.1) is 13.7 Å². The summed E-state index contributed by atoms with van der Waals surface area (Å²) in [6.07, 6.45) is 2.73. The van der Waals surface area contributed by atoms with Gasteiger partial charge in [-0.1, -0.05) is 61.9 Å². The zero-order valence-electron chi connectivity index (χ0n) is 22.2. The molecule has 0 fully saturated rings. The summed E-state index contributed by atoms with van der Waals surface area (Å²) in [5, 5.41) is 2.98. The maximum atomic E-state index is 14.6. The van der Waals surface area contributed by atoms with Crippen LogP contribution in [0, 0.1) is 5.82 Å². The summed E-state index contributed by atoms with van der Waals surface area (Å²) in [5.41, 5.74) is 1.30. The van der Waals surface area contributed by atoms with Crippen molar-refractivity contribution in [2.45, 2.75) is 51.6 Å². The third-order valence-corrected chi connectivity index (χ3v) is 6.26. The number of hydrogen-bond donors (Lipinski definition) is 1. The molecule has 6 nitrogen and oxygen atoms in total. The number of ether oxygens (including phenoxy) is 2. The number of benzene rings is 3. The highest BCUT2D eigenvalue weighted by Crippen LogP contribution is 2.20. The van der Waals surface area contributed by atoms with Crippen molar-refractivity contribution in [3.8, 4) is 11.5 Å². The van der Waals surface area contributed by atoms with Crippen molar-refractivity contribution in [3.63, 3.8) is 0 Å². The first-order valence-corrected chi connectivity index (χ1v) is 13.1. The van der Waals surface area contributed by atoms with E-state index < -0.39 is 11.9 Å². The molecule has 1 atom stereocenters. The van der Waals surface area contributed by atoms with Crippen LogP contribution in [-0.2, 0) is 22.6 Å². The van der Waals surface area contributed by atoms with Gasteiger partial charge >= 0.3 is 0 Å². The summed E-state index contributed by atoms with van der Waals surface area (Å²) in [6.45, 7) is 2.91. The van der Waals surface area contributed by atoms with E-state index in [-0.39, 0.29) is 24.8 Å². The summed E-state index contributed by atoms with van der Waals surface area (Å²) in [4.78, 5) is 28.5. The van der Waals surface area contributed by atoms with E-state index in [9.17, 15) is 14.0 Å². The fourth-order valence-electron chi connectivity index (χ4n) is 4.10. The lowest BCUT2D eigenvalue weighted by atomic mass is 10.0. The summed E-state index contributed by atoms with van der Waals surface area (Å²) in [6, 6.07) is 22.4. The van der Waals surface area contributed by atoms with Crippen LogP contribution < -0.4 is 14.8 Å². The van der Waals surface area contributed by atoms with Gasteiger partial charge in [0.15, 0.2) is 0 Å². The van der Waals surface area contributed by atoms with Gasteiger partial charge in [-0.25, -0.2) is 4.39 Å². The Kier molecular flexibility index (Phi) is 11.6. The Hall–Kier alpha value is -3.87. The second-order valence-corrected chi connectivity index (χ2v) is 9.09. The summed E-state index contributed by atoms with van der Waals surface area (Å²) in [7, 11) is 1.60. The van der Waals surface area contributed by atoms with E-state index in [0.29, 0.717) is 37.3 Å². The first-order valence-electron chi connectivity index (χ1n) is 13.1. The monoisotopic (exact) mass is 520 g/mol. The molecule has 7 heteroatoms. The van der Waals surface area contributed by atoms with Crippen molar-refractivity contribution in [3.05, 3.63) is 95.8 Å². The van der Waals surface area contributed by atoms with Crippen molar-refractivity contribution < 1.29 is 23.5 Å². The average molecular weight is 521 g/mol. The van der Waals surface area contributed by atoms with Crippen molar-refractivity contribution >= 4 is 11.8 Å². The predicted molar refractivity (Wildman–Crippen MR) is 147 cm³/mol. The molecule has 3 rings (SSSR count). The van der Waals surface area contributed by atoms with Gasteiger partial charge in [0.25, 0.3) is 0 Å². The van der Waals surface area contributed by atoms with Crippen LogP contribution in [0.25, 0.3) is 0 Å². The Morgan fingerprint density at radius 1 is 0.921 bits per heavy atom. The molecular formula is C31H37FN2O4. The standard InChI is InChI=1S/C31H37FN2O4/c1-3-4-20-33-31(36)29(22-24-11-6-5-7-12-24)34(23-25-13-8-9-14-28(25)32)30(35)15-10-21-38-27-18-16-26(37-2)17-19-27/h5-9,11-14,16-19,29H,3-4,10,15,20-23H2,1-2H3,(H,33,36)/t29-/m1/s1. The van der Waals surface area contributed by atoms with Crippen LogP contribution in [0.1, 0.15) is 43.7 Å². The lowest BCUT2D eigenvalue weighted by Gasteiger charge is -2.32. The normalized spacial score (nSPS) is 11.4. The highest BCUT2D eigenvalue weighted by Gasteiger charge is 2.30. The van der Waals surface area contributed by atoms with Gasteiger partial charge in [0.1, 0.15) is 23.4 Å². The van der Waals surface area contributed by atoms with E-state index in [1.54, 1.807) is 25.3 Å². The molecule has 0 saturated heterocycles. The Morgan fingerprint density at radius 3 is 2.29 bits per heavy atom. The van der Waals surface area contributed by atoms with Gasteiger partial charge < -0.3 is 19.7 Å². The molecule has 0 heterocycles. The molecule has 3 aromatic rings. The van der Waals surface area contributed by atoms with Crippen LogP contribution in [0.5, 0.6) is 11.5 Å². The molecule has 1 N–H and O–H groups in total. The number of nitrogens with one attached hydrogen (secondary N) is 1. The van der Waals surface area contributed by atoms with Crippen LogP contribution in [0.2, 0.25) is 0 Å². The van der Waals surface area contributed by atoms with Gasteiger partial charge in [0.2, 0.25) is 11.8 Å². The Balaban J connectivity index is 1.76. The number of methoxy groups -OCH3 is 1. The van der Waals surface area contributed by atoms with E-state index in [0.717, 1.165) is 24.2 Å². The third kappa shape index (κ3) is 8.91. The van der Waals surface area contributed by atoms with E-state index >= 15 is 0 Å². The lowest BCUT2D eigenvalue weighted by molar-refractivity contribution is -0.141. The maximum Gasteiger partial charge on any atom is 0.243 e. The SMILES string of the molecule is CCCCNC(=O)[C@@H](Cc1ccccc1)N(Cc1ccccc1F)C(=O)CCCOc1ccc(OC)cc1. The molecule has 2 amide bonds. The fraction of sp³-hybridized carbons (Fsp3) is 0.355. The Morgan fingerprint density at radius 2 is 1.61 bits per heavy atom. The number of carbonyl (C=O) groups excluding carboxylic acids is 2. The van der Waals surface area contributed by atoms with E-state index in [2.05, 4.69) is 12.2 Å². The molecule has 38 heavy (non-hydrogen) atoms. The minimum atomic E-state index is -0.774. The number of carbonyl (C=O) groups is 2. The Labute approximate surface area is 224 Å². The molecule has 0 saturated carbocycles. The van der Waals surface area contributed by atoms with Crippen molar-refractivity contribution in [2.75, 3.05) is 20.3 Å². The second kappa shape index (κ2) is 15.4. The zero-order chi connectivity index (χ0) is 27.2. The van der Waals surface area contributed by atoms with Crippen LogP contribution in [0.3, 0.4) is 0 Å². The number of halogens is 1. The number of nitrogens with zero attached hydrogens (tertiary/aromatic N) is 1. The van der Waals surface area contributed by atoms with E-state index in [1.807, 2.05) is 54.6 Å². The summed E-state index contributed by atoms with van der Waals surface area (Å²) in [5.74, 6) is 0.550. The van der Waals surface area contributed by atoms with Crippen molar-refractivity contribution in [1.29, 1.82) is 0 Å². The molecule has 3 aromatic carbocycles. The third-order valence-electron chi connectivity index (χ3n) is 6.26. The molecular weight excluding hydrogens is 483 g/mol. The molecule has 0 radical (unpaired) electrons. The van der Waals surface area contributed by atoms with E-state index in [1.165, 1.54) is 11.0 Å². The predicted octanol–water partition coefficient (Wildman–Crippen LogP) is 5.55. The maximum absolute atomic E-state index is 14.6. The van der Waals surface area contributed by atoms with Gasteiger partial charge in [-0.2, -0.15) is 0 Å². The van der Waals surface area contributed by atoms with Gasteiger partial charge in [-0.15, -0.1) is 0 Å². The fourth-order valence-corrected chi connectivity index (χ4v) is 4.10. The minimum Gasteiger partial charge on any atom is -0.497 e. The minimum absolute atomic E-state index is 0.00351. The molecule has 0 aromatic heterocycles. The average Bonchev–Trinajstić information content (AvgIpc) is 2.94. The molecule has 0 aliphatic carbocycles. The molecule has 0 bridgehead atoms. The molecule has 0 spiro atoms. The molecule has 0 aliphatic heterocycles. The van der Waals surface area contributed by atoms with Crippen molar-refractivity contribution in [1.82, 2.24) is 10.2 Å². The van der Waals surface area contributed by atoms with Crippen LogP contribution >= 0.6 is 0 Å². The number of rotatable bonds is 15. The van der Waals surface area contributed by atoms with E-state index in [4.69, 9.17) is 9.47 Å². The lowest BCUT2D eigenvalue weighted by Crippen LogP contribution is -2.50. The smallest absolute Gasteiger partial charge is 0.243 e. The van der Waals surface area contributed by atoms with Crippen LogP contribution in [-0.4, -0.2) is 43.0 Å². The van der Waals surface area contributed by atoms with Crippen molar-refractivity contribution in [2.24, 2.45) is 0 Å². The molecule has 0 unspecified atom stereocenters. The first-order chi connectivity index (χ1) is 18.5. The quantitative estimate of drug-likeness (QED) is 0.267. The Bertz CT molecular complexity index is 1140.